The van der Waals surface area contributed by atoms with Gasteiger partial charge in [-0.1, -0.05) is 48.6 Å². The highest BCUT2D eigenvalue weighted by atomic mass is 32.1. The van der Waals surface area contributed by atoms with Gasteiger partial charge < -0.3 is 4.90 Å². The van der Waals surface area contributed by atoms with Crippen molar-refractivity contribution in [3.05, 3.63) is 89.6 Å². The van der Waals surface area contributed by atoms with Gasteiger partial charge in [-0.05, 0) is 51.2 Å². The molecule has 8 heteroatoms. The molecule has 1 aliphatic rings. The van der Waals surface area contributed by atoms with Gasteiger partial charge in [-0.3, -0.25) is 9.69 Å². The number of carbonyl (C=O) groups excluding carboxylic acids is 1. The van der Waals surface area contributed by atoms with E-state index < -0.39 is 0 Å². The second-order valence-electron chi connectivity index (χ2n) is 7.91. The van der Waals surface area contributed by atoms with Gasteiger partial charge in [0.1, 0.15) is 6.33 Å². The van der Waals surface area contributed by atoms with E-state index in [1.54, 1.807) is 22.3 Å². The Balaban J connectivity index is 1.27. The number of amides is 1. The van der Waals surface area contributed by atoms with Crippen LogP contribution in [0, 0.1) is 0 Å². The second kappa shape index (κ2) is 9.89. The molecule has 0 unspecified atom stereocenters. The third-order valence-corrected chi connectivity index (χ3v) is 6.64. The molecule has 0 N–H and O–H groups in total. The highest BCUT2D eigenvalue weighted by Gasteiger charge is 2.23. The van der Waals surface area contributed by atoms with Gasteiger partial charge >= 0.3 is 0 Å². The number of rotatable bonds is 6. The maximum atomic E-state index is 13.4. The summed E-state index contributed by atoms with van der Waals surface area (Å²) in [5.74, 6) is 0.0437. The molecule has 2 aromatic heterocycles. The monoisotopic (exact) mass is 456 g/mol. The molecule has 1 saturated heterocycles. The van der Waals surface area contributed by atoms with Crippen LogP contribution in [0.3, 0.4) is 0 Å². The van der Waals surface area contributed by atoms with Crippen LogP contribution in [0.1, 0.15) is 15.9 Å². The fourth-order valence-electron chi connectivity index (χ4n) is 3.95. The Morgan fingerprint density at radius 1 is 1.00 bits per heavy atom. The minimum Gasteiger partial charge on any atom is -0.336 e. The number of benzene rings is 2. The molecule has 166 valence electrons. The van der Waals surface area contributed by atoms with Crippen LogP contribution >= 0.6 is 11.3 Å². The zero-order valence-electron chi connectivity index (χ0n) is 18.1. The molecule has 0 atom stereocenters. The number of nitrogens with zero attached hydrogens (tertiary/aromatic N) is 6. The van der Waals surface area contributed by atoms with E-state index in [-0.39, 0.29) is 5.91 Å². The van der Waals surface area contributed by atoms with Crippen LogP contribution in [0.25, 0.3) is 22.2 Å². The number of piperazine rings is 1. The summed E-state index contributed by atoms with van der Waals surface area (Å²) in [6.07, 6.45) is 5.88. The first kappa shape index (κ1) is 21.2. The molecule has 0 aliphatic carbocycles. The van der Waals surface area contributed by atoms with Gasteiger partial charge in [0.15, 0.2) is 0 Å². The van der Waals surface area contributed by atoms with E-state index in [1.165, 1.54) is 5.56 Å². The summed E-state index contributed by atoms with van der Waals surface area (Å²) >= 11 is 1.65. The lowest BCUT2D eigenvalue weighted by Crippen LogP contribution is -2.48. The normalized spacial score (nSPS) is 14.7. The lowest BCUT2D eigenvalue weighted by atomic mass is 10.1. The SMILES string of the molecule is O=C(c1cc(-c2cccs2)cc(-n2cnnn2)c1)N1CCN(C/C=C/c2ccccc2)CC1. The summed E-state index contributed by atoms with van der Waals surface area (Å²) in [6.45, 7) is 4.02. The Kier molecular flexibility index (Phi) is 6.37. The van der Waals surface area contributed by atoms with Crippen molar-refractivity contribution in [1.29, 1.82) is 0 Å². The van der Waals surface area contributed by atoms with Crippen molar-refractivity contribution >= 4 is 23.3 Å². The van der Waals surface area contributed by atoms with E-state index in [1.807, 2.05) is 52.7 Å². The average Bonchev–Trinajstić information content (AvgIpc) is 3.59. The quantitative estimate of drug-likeness (QED) is 0.441. The van der Waals surface area contributed by atoms with Crippen LogP contribution in [0.2, 0.25) is 0 Å². The fraction of sp³-hybridized carbons (Fsp3) is 0.200. The Labute approximate surface area is 196 Å². The Hall–Kier alpha value is -3.62. The molecule has 3 heterocycles. The molecule has 1 amide bonds. The van der Waals surface area contributed by atoms with Gasteiger partial charge in [0, 0.05) is 43.2 Å². The van der Waals surface area contributed by atoms with E-state index in [0.717, 1.165) is 35.8 Å². The van der Waals surface area contributed by atoms with Gasteiger partial charge in [-0.25, -0.2) is 4.68 Å². The van der Waals surface area contributed by atoms with E-state index >= 15 is 0 Å². The molecule has 4 aromatic rings. The van der Waals surface area contributed by atoms with E-state index in [0.29, 0.717) is 18.7 Å². The zero-order valence-corrected chi connectivity index (χ0v) is 18.9. The maximum absolute atomic E-state index is 13.4. The van der Waals surface area contributed by atoms with E-state index in [9.17, 15) is 4.79 Å². The summed E-state index contributed by atoms with van der Waals surface area (Å²) in [4.78, 5) is 18.8. The molecule has 0 bridgehead atoms. The first-order chi connectivity index (χ1) is 16.3. The van der Waals surface area contributed by atoms with Crippen LogP contribution in [0.15, 0.2) is 78.4 Å². The van der Waals surface area contributed by atoms with Crippen molar-refractivity contribution in [3.63, 3.8) is 0 Å². The average molecular weight is 457 g/mol. The lowest BCUT2D eigenvalue weighted by molar-refractivity contribution is 0.0650. The number of aromatic nitrogens is 4. The predicted molar refractivity (Wildman–Crippen MR) is 130 cm³/mol. The van der Waals surface area contributed by atoms with Crippen molar-refractivity contribution in [2.24, 2.45) is 0 Å². The van der Waals surface area contributed by atoms with Crippen LogP contribution in [-0.4, -0.2) is 68.6 Å². The molecule has 7 nitrogen and oxygen atoms in total. The first-order valence-corrected chi connectivity index (χ1v) is 11.8. The standard InChI is InChI=1S/C25H24N6OS/c32-25(30-13-11-29(12-14-30)10-4-8-20-6-2-1-3-7-20)22-16-21(24-9-5-15-33-24)17-23(18-22)31-19-26-27-28-31/h1-9,15-19H,10-14H2/b8-4+. The number of tetrazole rings is 1. The number of carbonyl (C=O) groups is 1. The van der Waals surface area contributed by atoms with Crippen molar-refractivity contribution in [1.82, 2.24) is 30.0 Å². The largest absolute Gasteiger partial charge is 0.336 e. The van der Waals surface area contributed by atoms with Crippen molar-refractivity contribution < 1.29 is 4.79 Å². The molecule has 1 aliphatic heterocycles. The number of hydrogen-bond donors (Lipinski definition) is 0. The zero-order chi connectivity index (χ0) is 22.5. The smallest absolute Gasteiger partial charge is 0.254 e. The van der Waals surface area contributed by atoms with Gasteiger partial charge in [0.25, 0.3) is 5.91 Å². The predicted octanol–water partition coefficient (Wildman–Crippen LogP) is 3.86. The minimum atomic E-state index is 0.0437. The summed E-state index contributed by atoms with van der Waals surface area (Å²) in [6, 6.07) is 20.2. The molecule has 0 radical (unpaired) electrons. The van der Waals surface area contributed by atoms with Crippen molar-refractivity contribution in [3.8, 4) is 16.1 Å². The van der Waals surface area contributed by atoms with Gasteiger partial charge in [0.05, 0.1) is 5.69 Å². The van der Waals surface area contributed by atoms with Crippen molar-refractivity contribution in [2.45, 2.75) is 0 Å². The molecule has 2 aromatic carbocycles. The summed E-state index contributed by atoms with van der Waals surface area (Å²) in [7, 11) is 0. The van der Waals surface area contributed by atoms with Crippen LogP contribution in [0.5, 0.6) is 0 Å². The highest BCUT2D eigenvalue weighted by Crippen LogP contribution is 2.28. The van der Waals surface area contributed by atoms with Gasteiger partial charge in [0.2, 0.25) is 0 Å². The summed E-state index contributed by atoms with van der Waals surface area (Å²) in [5, 5.41) is 13.5. The third kappa shape index (κ3) is 5.08. The second-order valence-corrected chi connectivity index (χ2v) is 8.85. The minimum absolute atomic E-state index is 0.0437. The van der Waals surface area contributed by atoms with Crippen LogP contribution in [0.4, 0.5) is 0 Å². The fourth-order valence-corrected chi connectivity index (χ4v) is 4.66. The van der Waals surface area contributed by atoms with Crippen molar-refractivity contribution in [2.75, 3.05) is 32.7 Å². The Morgan fingerprint density at radius 2 is 1.85 bits per heavy atom. The maximum Gasteiger partial charge on any atom is 0.254 e. The Bertz CT molecular complexity index is 1160. The topological polar surface area (TPSA) is 67.2 Å². The molecule has 0 saturated carbocycles. The lowest BCUT2D eigenvalue weighted by Gasteiger charge is -2.34. The molecule has 0 spiro atoms. The number of hydrogen-bond acceptors (Lipinski definition) is 6. The molecular formula is C25H24N6OS. The van der Waals surface area contributed by atoms with Crippen LogP contribution in [-0.2, 0) is 0 Å². The molecule has 33 heavy (non-hydrogen) atoms. The van der Waals surface area contributed by atoms with E-state index in [2.05, 4.69) is 50.8 Å². The summed E-state index contributed by atoms with van der Waals surface area (Å²) < 4.78 is 1.59. The number of thiophene rings is 1. The van der Waals surface area contributed by atoms with Gasteiger partial charge in [-0.15, -0.1) is 16.4 Å². The molecular weight excluding hydrogens is 432 g/mol. The van der Waals surface area contributed by atoms with Gasteiger partial charge in [-0.2, -0.15) is 0 Å². The highest BCUT2D eigenvalue weighted by molar-refractivity contribution is 7.13. The first-order valence-electron chi connectivity index (χ1n) is 10.9. The van der Waals surface area contributed by atoms with E-state index in [4.69, 9.17) is 0 Å². The van der Waals surface area contributed by atoms with Crippen LogP contribution < -0.4 is 0 Å². The molecule has 5 rings (SSSR count). The third-order valence-electron chi connectivity index (χ3n) is 5.72. The summed E-state index contributed by atoms with van der Waals surface area (Å²) in [5.41, 5.74) is 3.63. The Morgan fingerprint density at radius 3 is 2.58 bits per heavy atom. The molecule has 1 fully saturated rings.